The van der Waals surface area contributed by atoms with Gasteiger partial charge in [-0.05, 0) is 37.0 Å². The molecule has 3 heteroatoms. The molecular formula is C19H34ClNO. The van der Waals surface area contributed by atoms with Gasteiger partial charge in [0.2, 0.25) is 0 Å². The van der Waals surface area contributed by atoms with Crippen LogP contribution in [0.25, 0.3) is 0 Å². The molecule has 2 N–H and O–H groups in total. The standard InChI is InChI=1S/C19H33NO.ClH/c1-3-5-6-7-8-9-10-15-21-19-13-11-17(12-14-19)16-18(20)4-2;/h11-14,18H,3-10,15-16,20H2,1-2H3;1H. The average molecular weight is 328 g/mol. The Balaban J connectivity index is 0.00000441. The normalized spacial score (nSPS) is 11.8. The quantitative estimate of drug-likeness (QED) is 0.513. The zero-order valence-corrected chi connectivity index (χ0v) is 15.2. The molecule has 0 radical (unpaired) electrons. The van der Waals surface area contributed by atoms with Crippen molar-refractivity contribution in [2.75, 3.05) is 6.61 Å². The molecule has 0 bridgehead atoms. The number of benzene rings is 1. The summed E-state index contributed by atoms with van der Waals surface area (Å²) in [7, 11) is 0. The Kier molecular flexibility index (Phi) is 13.4. The fraction of sp³-hybridized carbons (Fsp3) is 0.684. The number of ether oxygens (including phenoxy) is 1. The van der Waals surface area contributed by atoms with E-state index >= 15 is 0 Å². The van der Waals surface area contributed by atoms with Crippen LogP contribution >= 0.6 is 12.4 Å². The lowest BCUT2D eigenvalue weighted by Gasteiger charge is -2.10. The molecule has 1 rings (SSSR count). The Morgan fingerprint density at radius 2 is 1.50 bits per heavy atom. The highest BCUT2D eigenvalue weighted by atomic mass is 35.5. The van der Waals surface area contributed by atoms with Gasteiger partial charge in [-0.25, -0.2) is 0 Å². The smallest absolute Gasteiger partial charge is 0.119 e. The van der Waals surface area contributed by atoms with Gasteiger partial charge in [-0.3, -0.25) is 0 Å². The maximum atomic E-state index is 5.97. The summed E-state index contributed by atoms with van der Waals surface area (Å²) in [6.45, 7) is 5.22. The van der Waals surface area contributed by atoms with E-state index in [1.807, 2.05) is 0 Å². The van der Waals surface area contributed by atoms with E-state index in [1.54, 1.807) is 0 Å². The zero-order valence-electron chi connectivity index (χ0n) is 14.4. The van der Waals surface area contributed by atoms with Crippen molar-refractivity contribution in [1.82, 2.24) is 0 Å². The van der Waals surface area contributed by atoms with Crippen molar-refractivity contribution in [2.24, 2.45) is 5.73 Å². The highest BCUT2D eigenvalue weighted by Crippen LogP contribution is 2.14. The molecule has 2 nitrogen and oxygen atoms in total. The summed E-state index contributed by atoms with van der Waals surface area (Å²) >= 11 is 0. The first-order valence-electron chi connectivity index (χ1n) is 8.73. The van der Waals surface area contributed by atoms with Crippen LogP contribution in [0, 0.1) is 0 Å². The van der Waals surface area contributed by atoms with E-state index < -0.39 is 0 Å². The molecule has 0 spiro atoms. The molecular weight excluding hydrogens is 294 g/mol. The van der Waals surface area contributed by atoms with E-state index in [1.165, 1.54) is 44.1 Å². The third-order valence-corrected chi connectivity index (χ3v) is 3.96. The van der Waals surface area contributed by atoms with Gasteiger partial charge >= 0.3 is 0 Å². The number of unbranched alkanes of at least 4 members (excludes halogenated alkanes) is 6. The molecule has 0 aliphatic rings. The molecule has 0 amide bonds. The third-order valence-electron chi connectivity index (χ3n) is 3.96. The Bertz CT molecular complexity index is 353. The van der Waals surface area contributed by atoms with Gasteiger partial charge in [-0.1, -0.05) is 64.5 Å². The van der Waals surface area contributed by atoms with Crippen molar-refractivity contribution in [3.05, 3.63) is 29.8 Å². The van der Waals surface area contributed by atoms with Crippen LogP contribution in [0.4, 0.5) is 0 Å². The number of rotatable bonds is 12. The monoisotopic (exact) mass is 327 g/mol. The second-order valence-corrected chi connectivity index (χ2v) is 5.99. The lowest BCUT2D eigenvalue weighted by Crippen LogP contribution is -2.21. The predicted octanol–water partition coefficient (Wildman–Crippen LogP) is 5.52. The second-order valence-electron chi connectivity index (χ2n) is 5.99. The van der Waals surface area contributed by atoms with Crippen molar-refractivity contribution < 1.29 is 4.74 Å². The summed E-state index contributed by atoms with van der Waals surface area (Å²) in [6, 6.07) is 8.67. The molecule has 0 aliphatic carbocycles. The van der Waals surface area contributed by atoms with Gasteiger partial charge in [0.25, 0.3) is 0 Å². The largest absolute Gasteiger partial charge is 0.494 e. The fourth-order valence-corrected chi connectivity index (χ4v) is 2.42. The van der Waals surface area contributed by atoms with Crippen LogP contribution in [0.1, 0.15) is 70.8 Å². The fourth-order valence-electron chi connectivity index (χ4n) is 2.42. The van der Waals surface area contributed by atoms with Crippen molar-refractivity contribution >= 4 is 12.4 Å². The van der Waals surface area contributed by atoms with Crippen molar-refractivity contribution in [3.63, 3.8) is 0 Å². The van der Waals surface area contributed by atoms with Gasteiger partial charge in [-0.2, -0.15) is 0 Å². The predicted molar refractivity (Wildman–Crippen MR) is 99.1 cm³/mol. The number of halogens is 1. The Hall–Kier alpha value is -0.730. The maximum Gasteiger partial charge on any atom is 0.119 e. The van der Waals surface area contributed by atoms with E-state index in [9.17, 15) is 0 Å². The van der Waals surface area contributed by atoms with Crippen LogP contribution in [0.3, 0.4) is 0 Å². The topological polar surface area (TPSA) is 35.2 Å². The van der Waals surface area contributed by atoms with Crippen LogP contribution in [0.2, 0.25) is 0 Å². The first kappa shape index (κ1) is 21.3. The SMILES string of the molecule is CCCCCCCCCOc1ccc(CC(N)CC)cc1.Cl. The highest BCUT2D eigenvalue weighted by Gasteiger charge is 2.01. The summed E-state index contributed by atoms with van der Waals surface area (Å²) in [5.74, 6) is 0.981. The molecule has 0 heterocycles. The van der Waals surface area contributed by atoms with E-state index in [2.05, 4.69) is 38.1 Å². The Labute approximate surface area is 143 Å². The Morgan fingerprint density at radius 3 is 2.09 bits per heavy atom. The second kappa shape index (κ2) is 13.9. The van der Waals surface area contributed by atoms with E-state index in [-0.39, 0.29) is 18.4 Å². The minimum atomic E-state index is 0. The van der Waals surface area contributed by atoms with Crippen molar-refractivity contribution in [2.45, 2.75) is 77.7 Å². The van der Waals surface area contributed by atoms with E-state index in [0.29, 0.717) is 0 Å². The van der Waals surface area contributed by atoms with Gasteiger partial charge in [0.15, 0.2) is 0 Å². The van der Waals surface area contributed by atoms with Gasteiger partial charge in [0, 0.05) is 6.04 Å². The average Bonchev–Trinajstić information content (AvgIpc) is 2.51. The molecule has 1 unspecified atom stereocenters. The third kappa shape index (κ3) is 10.1. The van der Waals surface area contributed by atoms with Crippen LogP contribution in [0.15, 0.2) is 24.3 Å². The van der Waals surface area contributed by atoms with Crippen LogP contribution < -0.4 is 10.5 Å². The molecule has 0 saturated carbocycles. The summed E-state index contributed by atoms with van der Waals surface area (Å²) in [4.78, 5) is 0. The van der Waals surface area contributed by atoms with Gasteiger partial charge in [0.1, 0.15) is 5.75 Å². The molecule has 1 aromatic rings. The van der Waals surface area contributed by atoms with Gasteiger partial charge < -0.3 is 10.5 Å². The molecule has 22 heavy (non-hydrogen) atoms. The van der Waals surface area contributed by atoms with Gasteiger partial charge in [0.05, 0.1) is 6.61 Å². The van der Waals surface area contributed by atoms with Crippen molar-refractivity contribution in [1.29, 1.82) is 0 Å². The first-order chi connectivity index (χ1) is 10.3. The lowest BCUT2D eigenvalue weighted by molar-refractivity contribution is 0.304. The van der Waals surface area contributed by atoms with Crippen LogP contribution in [0.5, 0.6) is 5.75 Å². The van der Waals surface area contributed by atoms with Gasteiger partial charge in [-0.15, -0.1) is 12.4 Å². The van der Waals surface area contributed by atoms with Crippen LogP contribution in [-0.4, -0.2) is 12.6 Å². The maximum absolute atomic E-state index is 5.97. The minimum absolute atomic E-state index is 0. The molecule has 128 valence electrons. The Morgan fingerprint density at radius 1 is 0.909 bits per heavy atom. The minimum Gasteiger partial charge on any atom is -0.494 e. The molecule has 1 aromatic carbocycles. The highest BCUT2D eigenvalue weighted by molar-refractivity contribution is 5.85. The van der Waals surface area contributed by atoms with Crippen molar-refractivity contribution in [3.8, 4) is 5.75 Å². The summed E-state index contributed by atoms with van der Waals surface area (Å²) in [5.41, 5.74) is 7.27. The zero-order chi connectivity index (χ0) is 15.3. The lowest BCUT2D eigenvalue weighted by atomic mass is 10.0. The van der Waals surface area contributed by atoms with E-state index in [0.717, 1.165) is 31.6 Å². The summed E-state index contributed by atoms with van der Waals surface area (Å²) < 4.78 is 5.79. The molecule has 0 saturated heterocycles. The molecule has 1 atom stereocenters. The molecule has 0 aromatic heterocycles. The van der Waals surface area contributed by atoms with Crippen LogP contribution in [-0.2, 0) is 6.42 Å². The number of hydrogen-bond acceptors (Lipinski definition) is 2. The molecule has 0 aliphatic heterocycles. The number of nitrogens with two attached hydrogens (primary N) is 1. The summed E-state index contributed by atoms with van der Waals surface area (Å²) in [5, 5.41) is 0. The molecule has 0 fully saturated rings. The first-order valence-corrected chi connectivity index (χ1v) is 8.73. The number of hydrogen-bond donors (Lipinski definition) is 1. The van der Waals surface area contributed by atoms with E-state index in [4.69, 9.17) is 10.5 Å². The summed E-state index contributed by atoms with van der Waals surface area (Å²) in [6.07, 6.45) is 11.2.